The fraction of sp³-hybridized carbons (Fsp3) is 0.214. The van der Waals surface area contributed by atoms with Crippen LogP contribution >= 0.6 is 23.6 Å². The third-order valence-electron chi connectivity index (χ3n) is 2.99. The van der Waals surface area contributed by atoms with Gasteiger partial charge in [-0.1, -0.05) is 36.5 Å². The van der Waals surface area contributed by atoms with Crippen LogP contribution in [0.25, 0.3) is 0 Å². The van der Waals surface area contributed by atoms with Crippen molar-refractivity contribution in [2.75, 3.05) is 7.05 Å². The minimum absolute atomic E-state index is 0.0642. The molecule has 0 aliphatic rings. The Kier molecular flexibility index (Phi) is 5.10. The number of thiophene rings is 1. The van der Waals surface area contributed by atoms with Crippen molar-refractivity contribution in [1.82, 2.24) is 4.31 Å². The Morgan fingerprint density at radius 1 is 1.33 bits per heavy atom. The summed E-state index contributed by atoms with van der Waals surface area (Å²) in [4.78, 5) is 1.28. The predicted molar refractivity (Wildman–Crippen MR) is 90.7 cm³/mol. The van der Waals surface area contributed by atoms with Crippen LogP contribution in [0.4, 0.5) is 0 Å². The summed E-state index contributed by atoms with van der Waals surface area (Å²) in [7, 11) is -1.79. The summed E-state index contributed by atoms with van der Waals surface area (Å²) in [6, 6.07) is 10.8. The van der Waals surface area contributed by atoms with Crippen molar-refractivity contribution in [2.24, 2.45) is 5.73 Å². The van der Waals surface area contributed by atoms with E-state index in [1.165, 1.54) is 4.31 Å². The number of benzene rings is 1. The molecular weight excluding hydrogens is 324 g/mol. The molecule has 21 heavy (non-hydrogen) atoms. The second kappa shape index (κ2) is 6.65. The van der Waals surface area contributed by atoms with E-state index in [2.05, 4.69) is 0 Å². The number of hydrogen-bond donors (Lipinski definition) is 1. The van der Waals surface area contributed by atoms with Crippen molar-refractivity contribution < 1.29 is 8.42 Å². The Hall–Kier alpha value is -1.28. The molecule has 2 N–H and O–H groups in total. The molecule has 112 valence electrons. The van der Waals surface area contributed by atoms with Gasteiger partial charge < -0.3 is 5.73 Å². The zero-order chi connectivity index (χ0) is 15.5. The molecule has 0 saturated heterocycles. The Morgan fingerprint density at radius 2 is 2.10 bits per heavy atom. The molecule has 1 heterocycles. The average Bonchev–Trinajstić information content (AvgIpc) is 2.91. The quantitative estimate of drug-likeness (QED) is 0.820. The van der Waals surface area contributed by atoms with Crippen LogP contribution in [0.1, 0.15) is 16.0 Å². The van der Waals surface area contributed by atoms with Crippen molar-refractivity contribution in [3.8, 4) is 0 Å². The summed E-state index contributed by atoms with van der Waals surface area (Å²) in [5.74, 6) is -0.0642. The van der Waals surface area contributed by atoms with Gasteiger partial charge in [0.05, 0.1) is 5.75 Å². The van der Waals surface area contributed by atoms with Crippen LogP contribution in [0, 0.1) is 0 Å². The minimum atomic E-state index is -3.38. The number of hydrogen-bond acceptors (Lipinski definition) is 4. The minimum Gasteiger partial charge on any atom is -0.389 e. The summed E-state index contributed by atoms with van der Waals surface area (Å²) in [5.41, 5.74) is 6.93. The van der Waals surface area contributed by atoms with Crippen molar-refractivity contribution in [2.45, 2.75) is 12.3 Å². The van der Waals surface area contributed by atoms with Gasteiger partial charge in [-0.15, -0.1) is 11.3 Å². The molecule has 0 fully saturated rings. The highest BCUT2D eigenvalue weighted by atomic mass is 32.2. The zero-order valence-electron chi connectivity index (χ0n) is 11.5. The van der Waals surface area contributed by atoms with E-state index < -0.39 is 10.0 Å². The van der Waals surface area contributed by atoms with Gasteiger partial charge in [-0.05, 0) is 23.1 Å². The van der Waals surface area contributed by atoms with Crippen LogP contribution in [0.15, 0.2) is 41.8 Å². The third-order valence-corrected chi connectivity index (χ3v) is 5.87. The Labute approximate surface area is 134 Å². The van der Waals surface area contributed by atoms with Crippen LogP contribution in [-0.4, -0.2) is 24.8 Å². The summed E-state index contributed by atoms with van der Waals surface area (Å²) in [6.07, 6.45) is 0. The lowest BCUT2D eigenvalue weighted by Gasteiger charge is -2.16. The molecule has 7 heteroatoms. The average molecular weight is 340 g/mol. The van der Waals surface area contributed by atoms with E-state index in [1.54, 1.807) is 42.6 Å². The van der Waals surface area contributed by atoms with E-state index in [9.17, 15) is 8.42 Å². The smallest absolute Gasteiger partial charge is 0.218 e. The highest BCUT2D eigenvalue weighted by Crippen LogP contribution is 2.16. The molecule has 4 nitrogen and oxygen atoms in total. The molecule has 0 bridgehead atoms. The number of thiocarbonyl (C=S) groups is 1. The lowest BCUT2D eigenvalue weighted by Crippen LogP contribution is -2.27. The van der Waals surface area contributed by atoms with Gasteiger partial charge in [-0.25, -0.2) is 8.42 Å². The van der Waals surface area contributed by atoms with E-state index >= 15 is 0 Å². The van der Waals surface area contributed by atoms with Gasteiger partial charge in [0.15, 0.2) is 0 Å². The largest absolute Gasteiger partial charge is 0.389 e. The first-order valence-electron chi connectivity index (χ1n) is 6.23. The molecule has 1 aromatic heterocycles. The summed E-state index contributed by atoms with van der Waals surface area (Å²) in [6.45, 7) is 0.384. The first-order valence-corrected chi connectivity index (χ1v) is 9.13. The van der Waals surface area contributed by atoms with Crippen LogP contribution < -0.4 is 5.73 Å². The molecule has 0 aliphatic carbocycles. The van der Waals surface area contributed by atoms with Crippen LogP contribution in [0.5, 0.6) is 0 Å². The number of sulfonamides is 1. The summed E-state index contributed by atoms with van der Waals surface area (Å²) >= 11 is 6.45. The second-order valence-electron chi connectivity index (χ2n) is 4.66. The van der Waals surface area contributed by atoms with Gasteiger partial charge in [0.2, 0.25) is 10.0 Å². The molecule has 0 unspecified atom stereocenters. The maximum absolute atomic E-state index is 12.4. The van der Waals surface area contributed by atoms with Crippen molar-refractivity contribution >= 4 is 38.6 Å². The molecule has 2 aromatic rings. The molecule has 0 amide bonds. The Bertz CT molecular complexity index is 724. The molecule has 2 rings (SSSR count). The fourth-order valence-electron chi connectivity index (χ4n) is 1.86. The first-order chi connectivity index (χ1) is 9.88. The molecule has 1 aromatic carbocycles. The summed E-state index contributed by atoms with van der Waals surface area (Å²) < 4.78 is 26.1. The Morgan fingerprint density at radius 3 is 2.71 bits per heavy atom. The SMILES string of the molecule is CN(Cc1cccs1)S(=O)(=O)Cc1cccc(C(N)=S)c1. The third kappa shape index (κ3) is 4.34. The van der Waals surface area contributed by atoms with Gasteiger partial charge in [0.1, 0.15) is 4.99 Å². The van der Waals surface area contributed by atoms with E-state index in [0.29, 0.717) is 17.7 Å². The highest BCUT2D eigenvalue weighted by Gasteiger charge is 2.19. The van der Waals surface area contributed by atoms with Crippen molar-refractivity contribution in [3.63, 3.8) is 0 Å². The topological polar surface area (TPSA) is 63.4 Å². The molecule has 0 aliphatic heterocycles. The zero-order valence-corrected chi connectivity index (χ0v) is 14.0. The van der Waals surface area contributed by atoms with E-state index in [-0.39, 0.29) is 10.7 Å². The molecular formula is C14H16N2O2S3. The van der Waals surface area contributed by atoms with Crippen molar-refractivity contribution in [3.05, 3.63) is 57.8 Å². The van der Waals surface area contributed by atoms with Crippen LogP contribution in [0.3, 0.4) is 0 Å². The molecule has 0 radical (unpaired) electrons. The van der Waals surface area contributed by atoms with Gasteiger partial charge in [0, 0.05) is 24.0 Å². The lowest BCUT2D eigenvalue weighted by molar-refractivity contribution is 0.469. The first kappa shape index (κ1) is 16.1. The Balaban J connectivity index is 2.13. The monoisotopic (exact) mass is 340 g/mol. The standard InChI is InChI=1S/C14H16N2O2S3/c1-16(9-13-6-3-7-20-13)21(17,18)10-11-4-2-5-12(8-11)14(15)19/h2-8H,9-10H2,1H3,(H2,15,19). The summed E-state index contributed by atoms with van der Waals surface area (Å²) in [5, 5.41) is 1.93. The van der Waals surface area contributed by atoms with Gasteiger partial charge >= 0.3 is 0 Å². The van der Waals surface area contributed by atoms with E-state index in [0.717, 1.165) is 4.88 Å². The van der Waals surface area contributed by atoms with Crippen LogP contribution in [-0.2, 0) is 22.3 Å². The molecule has 0 spiro atoms. The van der Waals surface area contributed by atoms with Crippen molar-refractivity contribution in [1.29, 1.82) is 0 Å². The normalized spacial score (nSPS) is 11.7. The predicted octanol–water partition coefficient (Wildman–Crippen LogP) is 2.34. The van der Waals surface area contributed by atoms with Gasteiger partial charge in [-0.2, -0.15) is 4.31 Å². The number of nitrogens with two attached hydrogens (primary N) is 1. The van der Waals surface area contributed by atoms with Gasteiger partial charge in [-0.3, -0.25) is 0 Å². The van der Waals surface area contributed by atoms with Gasteiger partial charge in [0.25, 0.3) is 0 Å². The van der Waals surface area contributed by atoms with E-state index in [1.807, 2.05) is 17.5 Å². The maximum atomic E-state index is 12.4. The van der Waals surface area contributed by atoms with E-state index in [4.69, 9.17) is 18.0 Å². The lowest BCUT2D eigenvalue weighted by atomic mass is 10.1. The molecule has 0 atom stereocenters. The number of nitrogens with zero attached hydrogens (tertiary/aromatic N) is 1. The second-order valence-corrected chi connectivity index (χ2v) is 8.20. The maximum Gasteiger partial charge on any atom is 0.218 e. The highest BCUT2D eigenvalue weighted by molar-refractivity contribution is 7.88. The van der Waals surface area contributed by atoms with Crippen LogP contribution in [0.2, 0.25) is 0 Å². The number of rotatable bonds is 6. The molecule has 0 saturated carbocycles. The fourth-order valence-corrected chi connectivity index (χ4v) is 3.98.